The van der Waals surface area contributed by atoms with Crippen LogP contribution in [0.4, 0.5) is 0 Å². The van der Waals surface area contributed by atoms with E-state index >= 15 is 0 Å². The van der Waals surface area contributed by atoms with Gasteiger partial charge in [0.2, 0.25) is 0 Å². The standard InChI is InChI=1S/C11H19N/c1-5-6-11-7-10(4)8-12(11)9(2)3/h5,10-11H,1-2,6-8H2,3-4H3. The van der Waals surface area contributed by atoms with Crippen molar-refractivity contribution in [2.45, 2.75) is 32.7 Å². The van der Waals surface area contributed by atoms with E-state index in [4.69, 9.17) is 0 Å². The molecule has 1 fully saturated rings. The van der Waals surface area contributed by atoms with Crippen LogP contribution in [-0.2, 0) is 0 Å². The van der Waals surface area contributed by atoms with Crippen molar-refractivity contribution in [3.8, 4) is 0 Å². The van der Waals surface area contributed by atoms with Gasteiger partial charge >= 0.3 is 0 Å². The largest absolute Gasteiger partial charge is 0.372 e. The summed E-state index contributed by atoms with van der Waals surface area (Å²) in [4.78, 5) is 2.41. The first-order valence-corrected chi connectivity index (χ1v) is 4.68. The predicted octanol–water partition coefficient (Wildman–Crippen LogP) is 2.81. The van der Waals surface area contributed by atoms with E-state index in [1.807, 2.05) is 6.08 Å². The van der Waals surface area contributed by atoms with Gasteiger partial charge in [0.25, 0.3) is 0 Å². The molecule has 0 spiro atoms. The highest BCUT2D eigenvalue weighted by Gasteiger charge is 2.27. The van der Waals surface area contributed by atoms with Gasteiger partial charge < -0.3 is 4.90 Å². The molecule has 1 aliphatic heterocycles. The molecule has 12 heavy (non-hydrogen) atoms. The summed E-state index contributed by atoms with van der Waals surface area (Å²) in [5.74, 6) is 0.812. The van der Waals surface area contributed by atoms with Crippen LogP contribution in [-0.4, -0.2) is 17.5 Å². The summed E-state index contributed by atoms with van der Waals surface area (Å²) in [5.41, 5.74) is 1.20. The molecule has 68 valence electrons. The molecular weight excluding hydrogens is 146 g/mol. The van der Waals surface area contributed by atoms with Crippen molar-refractivity contribution in [2.75, 3.05) is 6.54 Å². The van der Waals surface area contributed by atoms with Crippen LogP contribution in [0, 0.1) is 5.92 Å². The van der Waals surface area contributed by atoms with Crippen molar-refractivity contribution in [1.29, 1.82) is 0 Å². The molecule has 0 radical (unpaired) electrons. The van der Waals surface area contributed by atoms with Crippen LogP contribution in [0.25, 0.3) is 0 Å². The van der Waals surface area contributed by atoms with Crippen molar-refractivity contribution < 1.29 is 0 Å². The summed E-state index contributed by atoms with van der Waals surface area (Å²) in [6, 6.07) is 0.662. The highest BCUT2D eigenvalue weighted by molar-refractivity contribution is 4.99. The fraction of sp³-hybridized carbons (Fsp3) is 0.636. The summed E-state index contributed by atoms with van der Waals surface area (Å²) in [5, 5.41) is 0. The van der Waals surface area contributed by atoms with Crippen LogP contribution < -0.4 is 0 Å². The second kappa shape index (κ2) is 3.79. The zero-order chi connectivity index (χ0) is 9.14. The quantitative estimate of drug-likeness (QED) is 0.581. The first-order chi connectivity index (χ1) is 5.65. The van der Waals surface area contributed by atoms with Crippen LogP contribution in [0.3, 0.4) is 0 Å². The Kier molecular flexibility index (Phi) is 2.96. The lowest BCUT2D eigenvalue weighted by Crippen LogP contribution is -2.26. The van der Waals surface area contributed by atoms with Crippen LogP contribution in [0.2, 0.25) is 0 Å². The summed E-state index contributed by atoms with van der Waals surface area (Å²) in [6.07, 6.45) is 4.40. The van der Waals surface area contributed by atoms with E-state index in [1.54, 1.807) is 0 Å². The van der Waals surface area contributed by atoms with E-state index in [9.17, 15) is 0 Å². The van der Waals surface area contributed by atoms with Gasteiger partial charge in [-0.15, -0.1) is 6.58 Å². The third-order valence-electron chi connectivity index (χ3n) is 2.55. The van der Waals surface area contributed by atoms with Crippen molar-refractivity contribution in [3.63, 3.8) is 0 Å². The monoisotopic (exact) mass is 165 g/mol. The lowest BCUT2D eigenvalue weighted by atomic mass is 10.1. The Morgan fingerprint density at radius 3 is 2.83 bits per heavy atom. The van der Waals surface area contributed by atoms with E-state index < -0.39 is 0 Å². The Balaban J connectivity index is 2.58. The average Bonchev–Trinajstić information content (AvgIpc) is 2.32. The van der Waals surface area contributed by atoms with Gasteiger partial charge in [-0.3, -0.25) is 0 Å². The van der Waals surface area contributed by atoms with E-state index in [0.29, 0.717) is 6.04 Å². The molecule has 0 amide bonds. The normalized spacial score (nSPS) is 29.0. The van der Waals surface area contributed by atoms with Gasteiger partial charge in [-0.2, -0.15) is 0 Å². The minimum atomic E-state index is 0.662. The minimum Gasteiger partial charge on any atom is -0.372 e. The van der Waals surface area contributed by atoms with Crippen molar-refractivity contribution in [3.05, 3.63) is 24.9 Å². The molecule has 1 nitrogen and oxygen atoms in total. The molecule has 0 aliphatic carbocycles. The van der Waals surface area contributed by atoms with Crippen molar-refractivity contribution >= 4 is 0 Å². The lowest BCUT2D eigenvalue weighted by molar-refractivity contribution is 0.321. The second-order valence-electron chi connectivity index (χ2n) is 3.91. The Labute approximate surface area is 75.8 Å². The maximum absolute atomic E-state index is 4.00. The molecule has 1 heterocycles. The molecule has 2 unspecified atom stereocenters. The lowest BCUT2D eigenvalue weighted by Gasteiger charge is -2.25. The molecule has 2 atom stereocenters. The van der Waals surface area contributed by atoms with Gasteiger partial charge in [0.1, 0.15) is 0 Å². The van der Waals surface area contributed by atoms with E-state index in [0.717, 1.165) is 12.3 Å². The summed E-state index contributed by atoms with van der Waals surface area (Å²) < 4.78 is 0. The fourth-order valence-electron chi connectivity index (χ4n) is 2.03. The van der Waals surface area contributed by atoms with Crippen LogP contribution in [0.15, 0.2) is 24.9 Å². The number of rotatable bonds is 3. The van der Waals surface area contributed by atoms with E-state index in [-0.39, 0.29) is 0 Å². The zero-order valence-corrected chi connectivity index (χ0v) is 8.21. The Morgan fingerprint density at radius 2 is 2.33 bits per heavy atom. The highest BCUT2D eigenvalue weighted by atomic mass is 15.2. The van der Waals surface area contributed by atoms with Gasteiger partial charge in [-0.25, -0.2) is 0 Å². The fourth-order valence-corrected chi connectivity index (χ4v) is 2.03. The molecular formula is C11H19N. The number of hydrogen-bond acceptors (Lipinski definition) is 1. The van der Waals surface area contributed by atoms with Crippen molar-refractivity contribution in [1.82, 2.24) is 4.90 Å². The third-order valence-corrected chi connectivity index (χ3v) is 2.55. The number of nitrogens with zero attached hydrogens (tertiary/aromatic N) is 1. The van der Waals surface area contributed by atoms with Crippen LogP contribution in [0.1, 0.15) is 26.7 Å². The summed E-state index contributed by atoms with van der Waals surface area (Å²) in [7, 11) is 0. The predicted molar refractivity (Wildman–Crippen MR) is 53.9 cm³/mol. The highest BCUT2D eigenvalue weighted by Crippen LogP contribution is 2.27. The minimum absolute atomic E-state index is 0.662. The smallest absolute Gasteiger partial charge is 0.0324 e. The zero-order valence-electron chi connectivity index (χ0n) is 8.21. The topological polar surface area (TPSA) is 3.24 Å². The Morgan fingerprint density at radius 1 is 1.67 bits per heavy atom. The second-order valence-corrected chi connectivity index (χ2v) is 3.91. The van der Waals surface area contributed by atoms with Gasteiger partial charge in [-0.05, 0) is 25.7 Å². The van der Waals surface area contributed by atoms with Gasteiger partial charge in [0.05, 0.1) is 0 Å². The summed E-state index contributed by atoms with van der Waals surface area (Å²) >= 11 is 0. The molecule has 1 aliphatic rings. The maximum Gasteiger partial charge on any atom is 0.0324 e. The van der Waals surface area contributed by atoms with Crippen molar-refractivity contribution in [2.24, 2.45) is 5.92 Å². The Bertz CT molecular complexity index is 183. The SMILES string of the molecule is C=CCC1CC(C)CN1C(=C)C. The molecule has 0 bridgehead atoms. The van der Waals surface area contributed by atoms with Crippen LogP contribution >= 0.6 is 0 Å². The van der Waals surface area contributed by atoms with Gasteiger partial charge in [0, 0.05) is 18.3 Å². The van der Waals surface area contributed by atoms with Gasteiger partial charge in [0.15, 0.2) is 0 Å². The number of hydrogen-bond donors (Lipinski definition) is 0. The Hall–Kier alpha value is -0.720. The maximum atomic E-state index is 4.00. The first kappa shape index (κ1) is 9.37. The first-order valence-electron chi connectivity index (χ1n) is 4.68. The molecule has 1 saturated heterocycles. The van der Waals surface area contributed by atoms with E-state index in [1.165, 1.54) is 18.7 Å². The van der Waals surface area contributed by atoms with Gasteiger partial charge in [-0.1, -0.05) is 19.6 Å². The van der Waals surface area contributed by atoms with Crippen LogP contribution in [0.5, 0.6) is 0 Å². The average molecular weight is 165 g/mol. The third kappa shape index (κ3) is 1.90. The van der Waals surface area contributed by atoms with E-state index in [2.05, 4.69) is 31.9 Å². The molecule has 1 rings (SSSR count). The molecule has 0 saturated carbocycles. The molecule has 0 N–H and O–H groups in total. The molecule has 0 aromatic heterocycles. The summed E-state index contributed by atoms with van der Waals surface area (Å²) in [6.45, 7) is 13.4. The molecule has 1 heteroatoms. The number of allylic oxidation sites excluding steroid dienone is 1. The molecule has 0 aromatic carbocycles. The number of likely N-dealkylation sites (tertiary alicyclic amines) is 1. The molecule has 0 aromatic rings.